The molecule has 1 amide bonds. The van der Waals surface area contributed by atoms with E-state index in [0.717, 1.165) is 11.1 Å². The van der Waals surface area contributed by atoms with Gasteiger partial charge in [-0.15, -0.1) is 0 Å². The lowest BCUT2D eigenvalue weighted by Crippen LogP contribution is -2.30. The van der Waals surface area contributed by atoms with Crippen LogP contribution >= 0.6 is 0 Å². The highest BCUT2D eigenvalue weighted by atomic mass is 16.5. The summed E-state index contributed by atoms with van der Waals surface area (Å²) in [4.78, 5) is 18.7. The quantitative estimate of drug-likeness (QED) is 0.719. The second-order valence-electron chi connectivity index (χ2n) is 5.56. The van der Waals surface area contributed by atoms with Gasteiger partial charge in [0.25, 0.3) is 5.91 Å². The Bertz CT molecular complexity index is 810. The molecular weight excluding hydrogens is 302 g/mol. The highest BCUT2D eigenvalue weighted by molar-refractivity contribution is 5.94. The van der Waals surface area contributed by atoms with E-state index in [1.54, 1.807) is 4.90 Å². The Hall–Kier alpha value is -2.95. The second-order valence-corrected chi connectivity index (χ2v) is 5.56. The van der Waals surface area contributed by atoms with Crippen LogP contribution in [-0.4, -0.2) is 27.5 Å². The van der Waals surface area contributed by atoms with Crippen molar-refractivity contribution in [1.29, 1.82) is 0 Å². The number of carbonyl (C=O) groups is 1. The largest absolute Gasteiger partial charge is 0.337 e. The molecule has 1 aromatic heterocycles. The van der Waals surface area contributed by atoms with Gasteiger partial charge in [-0.2, -0.15) is 4.98 Å². The maximum Gasteiger partial charge on any atom is 0.254 e. The first-order chi connectivity index (χ1) is 11.7. The molecule has 0 atom stereocenters. The van der Waals surface area contributed by atoms with Gasteiger partial charge in [0.2, 0.25) is 11.7 Å². The number of carbonyl (C=O) groups excluding carboxylic acids is 1. The molecule has 0 bridgehead atoms. The van der Waals surface area contributed by atoms with Crippen LogP contribution in [0, 0.1) is 6.92 Å². The summed E-state index contributed by atoms with van der Waals surface area (Å²) in [6.07, 6.45) is 0. The summed E-state index contributed by atoms with van der Waals surface area (Å²) in [5, 5.41) is 3.99. The highest BCUT2D eigenvalue weighted by Crippen LogP contribution is 2.16. The van der Waals surface area contributed by atoms with Crippen molar-refractivity contribution >= 4 is 5.91 Å². The highest BCUT2D eigenvalue weighted by Gasteiger charge is 2.18. The average molecular weight is 321 g/mol. The van der Waals surface area contributed by atoms with Gasteiger partial charge in [0, 0.05) is 17.7 Å². The van der Waals surface area contributed by atoms with Crippen LogP contribution in [0.4, 0.5) is 0 Å². The van der Waals surface area contributed by atoms with Gasteiger partial charge in [-0.1, -0.05) is 53.2 Å². The predicted molar refractivity (Wildman–Crippen MR) is 91.3 cm³/mol. The Balaban J connectivity index is 1.75. The molecule has 0 saturated heterocycles. The number of amides is 1. The molecule has 0 aliphatic rings. The summed E-state index contributed by atoms with van der Waals surface area (Å²) < 4.78 is 5.30. The fourth-order valence-corrected chi connectivity index (χ4v) is 2.39. The standard InChI is InChI=1S/C19H19N3O2/c1-3-22(19(23)16-11-9-14(2)10-12-16)13-17-20-18(21-24-17)15-7-5-4-6-8-15/h4-12H,3,13H2,1-2H3. The van der Waals surface area contributed by atoms with Crippen LogP contribution < -0.4 is 0 Å². The monoisotopic (exact) mass is 321 g/mol. The van der Waals surface area contributed by atoms with Crippen molar-refractivity contribution in [3.8, 4) is 11.4 Å². The third kappa shape index (κ3) is 3.51. The Morgan fingerprint density at radius 2 is 1.79 bits per heavy atom. The summed E-state index contributed by atoms with van der Waals surface area (Å²) in [7, 11) is 0. The molecule has 0 unspecified atom stereocenters. The zero-order chi connectivity index (χ0) is 16.9. The van der Waals surface area contributed by atoms with Gasteiger partial charge < -0.3 is 9.42 Å². The molecule has 0 spiro atoms. The minimum Gasteiger partial charge on any atom is -0.337 e. The van der Waals surface area contributed by atoms with Crippen LogP contribution in [0.15, 0.2) is 59.1 Å². The molecule has 5 nitrogen and oxygen atoms in total. The number of hydrogen-bond donors (Lipinski definition) is 0. The van der Waals surface area contributed by atoms with Gasteiger partial charge in [-0.05, 0) is 26.0 Å². The SMILES string of the molecule is CCN(Cc1nc(-c2ccccc2)no1)C(=O)c1ccc(C)cc1. The maximum absolute atomic E-state index is 12.6. The van der Waals surface area contributed by atoms with Crippen LogP contribution in [0.2, 0.25) is 0 Å². The Labute approximate surface area is 140 Å². The number of hydrogen-bond acceptors (Lipinski definition) is 4. The lowest BCUT2D eigenvalue weighted by molar-refractivity contribution is 0.0734. The molecule has 0 aliphatic heterocycles. The van der Waals surface area contributed by atoms with Gasteiger partial charge in [-0.25, -0.2) is 0 Å². The van der Waals surface area contributed by atoms with Gasteiger partial charge >= 0.3 is 0 Å². The average Bonchev–Trinajstić information content (AvgIpc) is 3.09. The summed E-state index contributed by atoms with van der Waals surface area (Å²) in [5.74, 6) is 0.914. The molecular formula is C19H19N3O2. The molecule has 122 valence electrons. The van der Waals surface area contributed by atoms with E-state index in [1.165, 1.54) is 0 Å². The van der Waals surface area contributed by atoms with Crippen LogP contribution in [0.1, 0.15) is 28.7 Å². The Kier molecular flexibility index (Phi) is 4.70. The number of nitrogens with zero attached hydrogens (tertiary/aromatic N) is 3. The zero-order valence-electron chi connectivity index (χ0n) is 13.8. The van der Waals surface area contributed by atoms with Crippen molar-refractivity contribution in [2.24, 2.45) is 0 Å². The van der Waals surface area contributed by atoms with Crippen LogP contribution in [0.3, 0.4) is 0 Å². The number of benzene rings is 2. The summed E-state index contributed by atoms with van der Waals surface area (Å²) in [5.41, 5.74) is 2.67. The zero-order valence-corrected chi connectivity index (χ0v) is 13.8. The van der Waals surface area contributed by atoms with Crippen molar-refractivity contribution < 1.29 is 9.32 Å². The molecule has 0 fully saturated rings. The van der Waals surface area contributed by atoms with Crippen molar-refractivity contribution in [3.63, 3.8) is 0 Å². The summed E-state index contributed by atoms with van der Waals surface area (Å²) >= 11 is 0. The van der Waals surface area contributed by atoms with E-state index in [4.69, 9.17) is 4.52 Å². The number of rotatable bonds is 5. The minimum absolute atomic E-state index is 0.0445. The first-order valence-corrected chi connectivity index (χ1v) is 7.91. The van der Waals surface area contributed by atoms with E-state index in [0.29, 0.717) is 30.4 Å². The van der Waals surface area contributed by atoms with E-state index in [2.05, 4.69) is 10.1 Å². The third-order valence-corrected chi connectivity index (χ3v) is 3.79. The van der Waals surface area contributed by atoms with Crippen molar-refractivity contribution in [2.45, 2.75) is 20.4 Å². The molecule has 2 aromatic carbocycles. The molecule has 5 heteroatoms. The van der Waals surface area contributed by atoms with Gasteiger partial charge in [0.15, 0.2) is 0 Å². The predicted octanol–water partition coefficient (Wildman–Crippen LogP) is 3.71. The lowest BCUT2D eigenvalue weighted by Gasteiger charge is -2.18. The van der Waals surface area contributed by atoms with Crippen molar-refractivity contribution in [1.82, 2.24) is 15.0 Å². The smallest absolute Gasteiger partial charge is 0.254 e. The van der Waals surface area contributed by atoms with E-state index >= 15 is 0 Å². The minimum atomic E-state index is -0.0445. The first-order valence-electron chi connectivity index (χ1n) is 7.91. The van der Waals surface area contributed by atoms with Gasteiger partial charge in [-0.3, -0.25) is 4.79 Å². The fraction of sp³-hybridized carbons (Fsp3) is 0.211. The van der Waals surface area contributed by atoms with E-state index in [9.17, 15) is 4.79 Å². The fourth-order valence-electron chi connectivity index (χ4n) is 2.39. The van der Waals surface area contributed by atoms with Crippen LogP contribution in [0.5, 0.6) is 0 Å². The van der Waals surface area contributed by atoms with Gasteiger partial charge in [0.1, 0.15) is 6.54 Å². The number of aryl methyl sites for hydroxylation is 1. The van der Waals surface area contributed by atoms with Crippen LogP contribution in [0.25, 0.3) is 11.4 Å². The lowest BCUT2D eigenvalue weighted by atomic mass is 10.1. The normalized spacial score (nSPS) is 10.6. The van der Waals surface area contributed by atoms with Gasteiger partial charge in [0.05, 0.1) is 0 Å². The third-order valence-electron chi connectivity index (χ3n) is 3.79. The first kappa shape index (κ1) is 15.9. The molecule has 0 aliphatic carbocycles. The molecule has 24 heavy (non-hydrogen) atoms. The molecule has 0 radical (unpaired) electrons. The maximum atomic E-state index is 12.6. The second kappa shape index (κ2) is 7.08. The number of aromatic nitrogens is 2. The topological polar surface area (TPSA) is 59.2 Å². The summed E-state index contributed by atoms with van der Waals surface area (Å²) in [6, 6.07) is 17.2. The Morgan fingerprint density at radius 3 is 2.46 bits per heavy atom. The van der Waals surface area contributed by atoms with Crippen LogP contribution in [-0.2, 0) is 6.54 Å². The summed E-state index contributed by atoms with van der Waals surface area (Å²) in [6.45, 7) is 4.79. The van der Waals surface area contributed by atoms with Crippen molar-refractivity contribution in [3.05, 3.63) is 71.6 Å². The van der Waals surface area contributed by atoms with E-state index in [1.807, 2.05) is 68.4 Å². The Morgan fingerprint density at radius 1 is 1.08 bits per heavy atom. The van der Waals surface area contributed by atoms with E-state index < -0.39 is 0 Å². The molecule has 0 saturated carbocycles. The molecule has 3 aromatic rings. The molecule has 0 N–H and O–H groups in total. The van der Waals surface area contributed by atoms with E-state index in [-0.39, 0.29) is 5.91 Å². The molecule has 1 heterocycles. The van der Waals surface area contributed by atoms with Crippen molar-refractivity contribution in [2.75, 3.05) is 6.54 Å². The molecule has 3 rings (SSSR count).